The molecule has 0 aliphatic carbocycles. The lowest BCUT2D eigenvalue weighted by molar-refractivity contribution is -0.108. The predicted octanol–water partition coefficient (Wildman–Crippen LogP) is 3.47. The van der Waals surface area contributed by atoms with E-state index in [0.29, 0.717) is 12.3 Å². The van der Waals surface area contributed by atoms with Gasteiger partial charge in [0.15, 0.2) is 0 Å². The maximum absolute atomic E-state index is 10.6. The lowest BCUT2D eigenvalue weighted by atomic mass is 9.78. The van der Waals surface area contributed by atoms with Crippen molar-refractivity contribution in [2.45, 2.75) is 33.1 Å². The van der Waals surface area contributed by atoms with Gasteiger partial charge in [0, 0.05) is 17.2 Å². The van der Waals surface area contributed by atoms with E-state index in [0.717, 1.165) is 6.29 Å². The fourth-order valence-electron chi connectivity index (χ4n) is 1.48. The van der Waals surface area contributed by atoms with Crippen LogP contribution in [0.3, 0.4) is 0 Å². The van der Waals surface area contributed by atoms with Crippen molar-refractivity contribution in [1.82, 2.24) is 0 Å². The Hall–Kier alpha value is -0.630. The standard InChI is InChI=1S/C11H16OS/c1-11(2,3)9(6-7-12)10-5-4-8-13-10/h4-5,7-9H,6H2,1-3H3. The molecule has 0 aromatic carbocycles. The van der Waals surface area contributed by atoms with E-state index in [4.69, 9.17) is 0 Å². The number of hydrogen-bond acceptors (Lipinski definition) is 2. The summed E-state index contributed by atoms with van der Waals surface area (Å²) in [6.45, 7) is 6.54. The van der Waals surface area contributed by atoms with Crippen molar-refractivity contribution in [3.63, 3.8) is 0 Å². The molecule has 1 unspecified atom stereocenters. The van der Waals surface area contributed by atoms with Gasteiger partial charge < -0.3 is 4.79 Å². The monoisotopic (exact) mass is 196 g/mol. The molecule has 0 saturated heterocycles. The van der Waals surface area contributed by atoms with E-state index >= 15 is 0 Å². The number of carbonyl (C=O) groups excluding carboxylic acids is 1. The molecule has 1 heterocycles. The third-order valence-electron chi connectivity index (χ3n) is 2.26. The van der Waals surface area contributed by atoms with Crippen LogP contribution in [0.5, 0.6) is 0 Å². The number of thiophene rings is 1. The van der Waals surface area contributed by atoms with E-state index in [2.05, 4.69) is 32.2 Å². The van der Waals surface area contributed by atoms with E-state index in [9.17, 15) is 4.79 Å². The Bertz CT molecular complexity index is 256. The van der Waals surface area contributed by atoms with Gasteiger partial charge in [-0.1, -0.05) is 26.8 Å². The van der Waals surface area contributed by atoms with Crippen LogP contribution in [0.4, 0.5) is 0 Å². The van der Waals surface area contributed by atoms with Gasteiger partial charge in [-0.25, -0.2) is 0 Å². The predicted molar refractivity (Wildman–Crippen MR) is 57.2 cm³/mol. The molecule has 2 heteroatoms. The first-order chi connectivity index (χ1) is 6.05. The zero-order valence-electron chi connectivity index (χ0n) is 8.41. The molecule has 0 fully saturated rings. The van der Waals surface area contributed by atoms with E-state index in [1.54, 1.807) is 11.3 Å². The van der Waals surface area contributed by atoms with Crippen molar-refractivity contribution in [3.05, 3.63) is 22.4 Å². The molecule has 13 heavy (non-hydrogen) atoms. The summed E-state index contributed by atoms with van der Waals surface area (Å²) in [5.74, 6) is 0.366. The molecule has 0 saturated carbocycles. The normalized spacial score (nSPS) is 14.1. The van der Waals surface area contributed by atoms with Crippen LogP contribution in [0, 0.1) is 5.41 Å². The average Bonchev–Trinajstić information content (AvgIpc) is 2.49. The molecule has 0 spiro atoms. The SMILES string of the molecule is CC(C)(C)C(CC=O)c1cccs1. The smallest absolute Gasteiger partial charge is 0.120 e. The highest BCUT2D eigenvalue weighted by Gasteiger charge is 2.26. The summed E-state index contributed by atoms with van der Waals surface area (Å²) in [6.07, 6.45) is 1.65. The quantitative estimate of drug-likeness (QED) is 0.676. The van der Waals surface area contributed by atoms with Crippen LogP contribution >= 0.6 is 11.3 Å². The van der Waals surface area contributed by atoms with Gasteiger partial charge in [-0.05, 0) is 16.9 Å². The lowest BCUT2D eigenvalue weighted by Gasteiger charge is -2.28. The maximum Gasteiger partial charge on any atom is 0.120 e. The molecule has 0 N–H and O–H groups in total. The molecule has 0 amide bonds. The van der Waals surface area contributed by atoms with Gasteiger partial charge in [-0.15, -0.1) is 11.3 Å². The van der Waals surface area contributed by atoms with Gasteiger partial charge in [0.25, 0.3) is 0 Å². The minimum atomic E-state index is 0.172. The highest BCUT2D eigenvalue weighted by Crippen LogP contribution is 2.38. The maximum atomic E-state index is 10.6. The largest absolute Gasteiger partial charge is 0.303 e. The topological polar surface area (TPSA) is 17.1 Å². The third kappa shape index (κ3) is 2.66. The second-order valence-electron chi connectivity index (χ2n) is 4.34. The number of hydrogen-bond donors (Lipinski definition) is 0. The zero-order chi connectivity index (χ0) is 9.90. The number of aldehydes is 1. The van der Waals surface area contributed by atoms with E-state index in [1.165, 1.54) is 4.88 Å². The number of rotatable bonds is 3. The highest BCUT2D eigenvalue weighted by atomic mass is 32.1. The molecule has 0 bridgehead atoms. The van der Waals surface area contributed by atoms with Crippen LogP contribution in [-0.2, 0) is 4.79 Å². The first-order valence-electron chi connectivity index (χ1n) is 4.52. The van der Waals surface area contributed by atoms with Crippen molar-refractivity contribution < 1.29 is 4.79 Å². The van der Waals surface area contributed by atoms with E-state index < -0.39 is 0 Å². The molecule has 1 rings (SSSR count). The summed E-state index contributed by atoms with van der Waals surface area (Å²) in [5, 5.41) is 2.07. The summed E-state index contributed by atoms with van der Waals surface area (Å²) in [4.78, 5) is 11.9. The molecule has 0 aliphatic rings. The van der Waals surface area contributed by atoms with Gasteiger partial charge in [0.05, 0.1) is 0 Å². The van der Waals surface area contributed by atoms with Crippen molar-refractivity contribution >= 4 is 17.6 Å². The van der Waals surface area contributed by atoms with Crippen molar-refractivity contribution in [3.8, 4) is 0 Å². The van der Waals surface area contributed by atoms with Gasteiger partial charge in [-0.2, -0.15) is 0 Å². The second kappa shape index (κ2) is 4.05. The summed E-state index contributed by atoms with van der Waals surface area (Å²) < 4.78 is 0. The first kappa shape index (κ1) is 10.5. The molecule has 0 radical (unpaired) electrons. The van der Waals surface area contributed by atoms with Crippen LogP contribution in [-0.4, -0.2) is 6.29 Å². The molecular formula is C11H16OS. The fraction of sp³-hybridized carbons (Fsp3) is 0.545. The average molecular weight is 196 g/mol. The first-order valence-corrected chi connectivity index (χ1v) is 5.40. The molecule has 1 atom stereocenters. The minimum absolute atomic E-state index is 0.172. The van der Waals surface area contributed by atoms with E-state index in [1.807, 2.05) is 6.07 Å². The van der Waals surface area contributed by atoms with Crippen LogP contribution in [0.1, 0.15) is 38.0 Å². The van der Waals surface area contributed by atoms with Crippen LogP contribution in [0.2, 0.25) is 0 Å². The van der Waals surface area contributed by atoms with Gasteiger partial charge in [0.2, 0.25) is 0 Å². The Morgan fingerprint density at radius 2 is 2.23 bits per heavy atom. The Morgan fingerprint density at radius 3 is 2.62 bits per heavy atom. The van der Waals surface area contributed by atoms with Gasteiger partial charge >= 0.3 is 0 Å². The molecule has 0 aliphatic heterocycles. The number of carbonyl (C=O) groups is 1. The Morgan fingerprint density at radius 1 is 1.54 bits per heavy atom. The molecule has 1 aromatic rings. The van der Waals surface area contributed by atoms with Crippen molar-refractivity contribution in [1.29, 1.82) is 0 Å². The van der Waals surface area contributed by atoms with Gasteiger partial charge in [-0.3, -0.25) is 0 Å². The Labute approximate surface area is 83.8 Å². The molecule has 1 aromatic heterocycles. The second-order valence-corrected chi connectivity index (χ2v) is 5.32. The van der Waals surface area contributed by atoms with Crippen LogP contribution < -0.4 is 0 Å². The summed E-state index contributed by atoms with van der Waals surface area (Å²) in [6, 6.07) is 4.16. The Balaban J connectivity index is 2.86. The summed E-state index contributed by atoms with van der Waals surface area (Å²) in [7, 11) is 0. The summed E-state index contributed by atoms with van der Waals surface area (Å²) >= 11 is 1.74. The minimum Gasteiger partial charge on any atom is -0.303 e. The zero-order valence-corrected chi connectivity index (χ0v) is 9.23. The van der Waals surface area contributed by atoms with E-state index in [-0.39, 0.29) is 5.41 Å². The van der Waals surface area contributed by atoms with Crippen LogP contribution in [0.25, 0.3) is 0 Å². The van der Waals surface area contributed by atoms with Crippen molar-refractivity contribution in [2.75, 3.05) is 0 Å². The third-order valence-corrected chi connectivity index (χ3v) is 3.25. The molecule has 1 nitrogen and oxygen atoms in total. The highest BCUT2D eigenvalue weighted by molar-refractivity contribution is 7.10. The Kier molecular flexibility index (Phi) is 3.26. The fourth-order valence-corrected chi connectivity index (χ4v) is 2.57. The van der Waals surface area contributed by atoms with Crippen molar-refractivity contribution in [2.24, 2.45) is 5.41 Å². The van der Waals surface area contributed by atoms with Crippen LogP contribution in [0.15, 0.2) is 17.5 Å². The lowest BCUT2D eigenvalue weighted by Crippen LogP contribution is -2.17. The summed E-state index contributed by atoms with van der Waals surface area (Å²) in [5.41, 5.74) is 0.172. The van der Waals surface area contributed by atoms with Gasteiger partial charge in [0.1, 0.15) is 6.29 Å². The molecule has 72 valence electrons. The molecular weight excluding hydrogens is 180 g/mol.